The molecular formula is C13H12ClNO4. The number of halogens is 1. The van der Waals surface area contributed by atoms with E-state index in [9.17, 15) is 4.79 Å². The van der Waals surface area contributed by atoms with Crippen molar-refractivity contribution in [2.75, 3.05) is 12.4 Å². The lowest BCUT2D eigenvalue weighted by Gasteiger charge is -2.07. The van der Waals surface area contributed by atoms with Gasteiger partial charge in [0.05, 0.1) is 18.7 Å². The molecule has 19 heavy (non-hydrogen) atoms. The minimum absolute atomic E-state index is 0.0791. The number of benzene rings is 1. The Bertz CT molecular complexity index is 594. The zero-order valence-corrected chi connectivity index (χ0v) is 10.9. The van der Waals surface area contributed by atoms with Gasteiger partial charge < -0.3 is 19.6 Å². The van der Waals surface area contributed by atoms with Crippen molar-refractivity contribution in [2.45, 2.75) is 6.54 Å². The van der Waals surface area contributed by atoms with Crippen LogP contribution in [0.1, 0.15) is 16.3 Å². The smallest absolute Gasteiger partial charge is 0.371 e. The molecule has 0 bridgehead atoms. The van der Waals surface area contributed by atoms with E-state index in [0.717, 1.165) is 5.69 Å². The summed E-state index contributed by atoms with van der Waals surface area (Å²) in [6.07, 6.45) is 0. The highest BCUT2D eigenvalue weighted by atomic mass is 35.5. The van der Waals surface area contributed by atoms with Crippen LogP contribution in [0.15, 0.2) is 34.7 Å². The van der Waals surface area contributed by atoms with Crippen LogP contribution in [-0.4, -0.2) is 18.2 Å². The number of carboxylic acid groups (broad SMARTS) is 1. The summed E-state index contributed by atoms with van der Waals surface area (Å²) in [5.74, 6) is -0.0361. The van der Waals surface area contributed by atoms with E-state index >= 15 is 0 Å². The average Bonchev–Trinajstić information content (AvgIpc) is 2.85. The van der Waals surface area contributed by atoms with Crippen molar-refractivity contribution in [3.05, 3.63) is 46.9 Å². The monoisotopic (exact) mass is 281 g/mol. The molecule has 100 valence electrons. The molecule has 0 saturated heterocycles. The molecule has 0 unspecified atom stereocenters. The molecule has 2 N–H and O–H groups in total. The second-order valence-electron chi connectivity index (χ2n) is 3.77. The molecule has 5 nitrogen and oxygen atoms in total. The molecule has 0 spiro atoms. The lowest BCUT2D eigenvalue weighted by atomic mass is 10.3. The van der Waals surface area contributed by atoms with Gasteiger partial charge in [-0.25, -0.2) is 4.79 Å². The van der Waals surface area contributed by atoms with Crippen molar-refractivity contribution >= 4 is 23.3 Å². The van der Waals surface area contributed by atoms with Gasteiger partial charge in [0.25, 0.3) is 0 Å². The quantitative estimate of drug-likeness (QED) is 0.880. The molecular weight excluding hydrogens is 270 g/mol. The summed E-state index contributed by atoms with van der Waals surface area (Å²) in [6.45, 7) is 0.371. The van der Waals surface area contributed by atoms with Gasteiger partial charge in [0.1, 0.15) is 11.5 Å². The van der Waals surface area contributed by atoms with E-state index in [2.05, 4.69) is 5.32 Å². The van der Waals surface area contributed by atoms with Crippen LogP contribution >= 0.6 is 11.6 Å². The summed E-state index contributed by atoms with van der Waals surface area (Å²) >= 11 is 5.99. The molecule has 0 radical (unpaired) electrons. The number of carbonyl (C=O) groups is 1. The van der Waals surface area contributed by atoms with Crippen molar-refractivity contribution < 1.29 is 19.1 Å². The SMILES string of the molecule is COc1ccc(NCc2ccc(C(=O)O)o2)cc1Cl. The van der Waals surface area contributed by atoms with Crippen molar-refractivity contribution in [1.82, 2.24) is 0 Å². The second-order valence-corrected chi connectivity index (χ2v) is 4.18. The van der Waals surface area contributed by atoms with E-state index in [-0.39, 0.29) is 5.76 Å². The van der Waals surface area contributed by atoms with Crippen molar-refractivity contribution in [2.24, 2.45) is 0 Å². The molecule has 2 rings (SSSR count). The van der Waals surface area contributed by atoms with Crippen LogP contribution in [0.25, 0.3) is 0 Å². The lowest BCUT2D eigenvalue weighted by Crippen LogP contribution is -1.99. The maximum absolute atomic E-state index is 10.7. The fourth-order valence-electron chi connectivity index (χ4n) is 1.55. The number of nitrogens with one attached hydrogen (secondary N) is 1. The average molecular weight is 282 g/mol. The highest BCUT2D eigenvalue weighted by Crippen LogP contribution is 2.27. The summed E-state index contributed by atoms with van der Waals surface area (Å²) < 4.78 is 10.2. The van der Waals surface area contributed by atoms with Crippen molar-refractivity contribution in [3.8, 4) is 5.75 Å². The Labute approximate surface area is 114 Å². The molecule has 0 atom stereocenters. The van der Waals surface area contributed by atoms with Crippen LogP contribution in [0.3, 0.4) is 0 Å². The van der Waals surface area contributed by atoms with Gasteiger partial charge in [-0.3, -0.25) is 0 Å². The van der Waals surface area contributed by atoms with Gasteiger partial charge in [-0.15, -0.1) is 0 Å². The van der Waals surface area contributed by atoms with E-state index in [4.69, 9.17) is 25.9 Å². The summed E-state index contributed by atoms with van der Waals surface area (Å²) in [5.41, 5.74) is 0.791. The lowest BCUT2D eigenvalue weighted by molar-refractivity contribution is 0.0660. The maximum atomic E-state index is 10.7. The molecule has 0 aliphatic carbocycles. The van der Waals surface area contributed by atoms with Gasteiger partial charge in [0, 0.05) is 5.69 Å². The van der Waals surface area contributed by atoms with Gasteiger partial charge in [0.2, 0.25) is 5.76 Å². The van der Waals surface area contributed by atoms with Crippen LogP contribution in [0.5, 0.6) is 5.75 Å². The van der Waals surface area contributed by atoms with E-state index in [1.807, 2.05) is 6.07 Å². The molecule has 0 aliphatic heterocycles. The van der Waals surface area contributed by atoms with Gasteiger partial charge in [-0.2, -0.15) is 0 Å². The highest BCUT2D eigenvalue weighted by molar-refractivity contribution is 6.32. The van der Waals surface area contributed by atoms with Crippen LogP contribution < -0.4 is 10.1 Å². The predicted molar refractivity (Wildman–Crippen MR) is 71.0 cm³/mol. The fourth-order valence-corrected chi connectivity index (χ4v) is 1.81. The molecule has 6 heteroatoms. The van der Waals surface area contributed by atoms with Crippen molar-refractivity contribution in [1.29, 1.82) is 0 Å². The number of furan rings is 1. The Balaban J connectivity index is 2.01. The third-order valence-corrected chi connectivity index (χ3v) is 2.79. The van der Waals surface area contributed by atoms with Gasteiger partial charge in [0.15, 0.2) is 0 Å². The minimum Gasteiger partial charge on any atom is -0.495 e. The fraction of sp³-hybridized carbons (Fsp3) is 0.154. The molecule has 1 aromatic heterocycles. The van der Waals surface area contributed by atoms with Crippen LogP contribution in [0.4, 0.5) is 5.69 Å². The standard InChI is InChI=1S/C13H12ClNO4/c1-18-11-4-2-8(6-10(11)14)15-7-9-3-5-12(19-9)13(16)17/h2-6,15H,7H2,1H3,(H,16,17). The molecule has 1 aromatic carbocycles. The van der Waals surface area contributed by atoms with Crippen molar-refractivity contribution in [3.63, 3.8) is 0 Å². The number of hydrogen-bond donors (Lipinski definition) is 2. The number of hydrogen-bond acceptors (Lipinski definition) is 4. The van der Waals surface area contributed by atoms with Gasteiger partial charge >= 0.3 is 5.97 Å². The first-order valence-electron chi connectivity index (χ1n) is 5.49. The Hall–Kier alpha value is -2.14. The number of anilines is 1. The highest BCUT2D eigenvalue weighted by Gasteiger charge is 2.08. The Morgan fingerprint density at radius 1 is 1.42 bits per heavy atom. The topological polar surface area (TPSA) is 71.7 Å². The molecule has 0 saturated carbocycles. The van der Waals surface area contributed by atoms with E-state index in [1.54, 1.807) is 25.3 Å². The predicted octanol–water partition coefficient (Wildman–Crippen LogP) is 3.25. The first-order chi connectivity index (χ1) is 9.10. The van der Waals surface area contributed by atoms with E-state index < -0.39 is 5.97 Å². The summed E-state index contributed by atoms with van der Waals surface area (Å²) in [5, 5.41) is 12.3. The third kappa shape index (κ3) is 3.20. The van der Waals surface area contributed by atoms with E-state index in [0.29, 0.717) is 23.1 Å². The zero-order valence-electron chi connectivity index (χ0n) is 10.1. The summed E-state index contributed by atoms with van der Waals surface area (Å²) in [4.78, 5) is 10.7. The summed E-state index contributed by atoms with van der Waals surface area (Å²) in [6, 6.07) is 8.31. The Morgan fingerprint density at radius 3 is 2.79 bits per heavy atom. The van der Waals surface area contributed by atoms with Crippen LogP contribution in [0, 0.1) is 0 Å². The first-order valence-corrected chi connectivity index (χ1v) is 5.87. The molecule has 0 aliphatic rings. The number of carboxylic acids is 1. The number of methoxy groups -OCH3 is 1. The van der Waals surface area contributed by atoms with Gasteiger partial charge in [-0.1, -0.05) is 11.6 Å². The van der Waals surface area contributed by atoms with Gasteiger partial charge in [-0.05, 0) is 30.3 Å². The molecule has 1 heterocycles. The molecule has 0 amide bonds. The largest absolute Gasteiger partial charge is 0.495 e. The number of aromatic carboxylic acids is 1. The number of ether oxygens (including phenoxy) is 1. The number of rotatable bonds is 5. The second kappa shape index (κ2) is 5.67. The summed E-state index contributed by atoms with van der Waals surface area (Å²) in [7, 11) is 1.55. The third-order valence-electron chi connectivity index (χ3n) is 2.49. The molecule has 0 fully saturated rings. The maximum Gasteiger partial charge on any atom is 0.371 e. The van der Waals surface area contributed by atoms with E-state index in [1.165, 1.54) is 6.07 Å². The first kappa shape index (κ1) is 13.3. The normalized spacial score (nSPS) is 10.2. The Kier molecular flexibility index (Phi) is 3.97. The minimum atomic E-state index is -1.08. The Morgan fingerprint density at radius 2 is 2.21 bits per heavy atom. The zero-order chi connectivity index (χ0) is 13.8. The van der Waals surface area contributed by atoms with Crippen LogP contribution in [0.2, 0.25) is 5.02 Å². The molecule has 2 aromatic rings. The van der Waals surface area contributed by atoms with Crippen LogP contribution in [-0.2, 0) is 6.54 Å².